The second-order valence-electron chi connectivity index (χ2n) is 6.21. The van der Waals surface area contributed by atoms with Gasteiger partial charge in [-0.05, 0) is 42.0 Å². The second-order valence-corrected chi connectivity index (χ2v) is 7.29. The zero-order valence-corrected chi connectivity index (χ0v) is 18.7. The molecule has 2 N–H and O–H groups in total. The van der Waals surface area contributed by atoms with Crippen LogP contribution in [0.1, 0.15) is 22.8 Å². The van der Waals surface area contributed by atoms with E-state index in [0.29, 0.717) is 9.13 Å². The monoisotopic (exact) mass is 512 g/mol. The average Bonchev–Trinajstić information content (AvgIpc) is 2.69. The van der Waals surface area contributed by atoms with E-state index in [9.17, 15) is 15.0 Å². The zero-order chi connectivity index (χ0) is 21.2. The SMILES string of the molecule is COC(=O)c1c(C)c(I)c(O[C@@H]2O[C@@H](C)[C@H](O)[C@@H](O)[C@H]2OC)c(OC)c1OC. The van der Waals surface area contributed by atoms with Crippen molar-refractivity contribution in [3.63, 3.8) is 0 Å². The molecular weight excluding hydrogens is 487 g/mol. The first-order valence-electron chi connectivity index (χ1n) is 8.46. The Kier molecular flexibility index (Phi) is 7.73. The second kappa shape index (κ2) is 9.44. The maximum absolute atomic E-state index is 12.2. The molecule has 1 aliphatic heterocycles. The summed E-state index contributed by atoms with van der Waals surface area (Å²) in [6.45, 7) is 3.34. The third kappa shape index (κ3) is 4.01. The maximum atomic E-state index is 12.2. The molecule has 28 heavy (non-hydrogen) atoms. The molecule has 1 heterocycles. The molecule has 5 atom stereocenters. The summed E-state index contributed by atoms with van der Waals surface area (Å²) in [5.41, 5.74) is 0.786. The van der Waals surface area contributed by atoms with E-state index < -0.39 is 36.7 Å². The van der Waals surface area contributed by atoms with Gasteiger partial charge in [-0.2, -0.15) is 0 Å². The molecule has 0 amide bonds. The summed E-state index contributed by atoms with van der Waals surface area (Å²) in [6.07, 6.45) is -5.00. The summed E-state index contributed by atoms with van der Waals surface area (Å²) < 4.78 is 33.3. The van der Waals surface area contributed by atoms with Crippen molar-refractivity contribution >= 4 is 28.6 Å². The summed E-state index contributed by atoms with van der Waals surface area (Å²) in [4.78, 5) is 12.2. The third-order valence-electron chi connectivity index (χ3n) is 4.63. The van der Waals surface area contributed by atoms with Crippen molar-refractivity contribution in [3.8, 4) is 17.2 Å². The number of carbonyl (C=O) groups excluding carboxylic acids is 1. The average molecular weight is 512 g/mol. The highest BCUT2D eigenvalue weighted by atomic mass is 127. The van der Waals surface area contributed by atoms with Gasteiger partial charge in [-0.3, -0.25) is 0 Å². The van der Waals surface area contributed by atoms with Gasteiger partial charge in [0.1, 0.15) is 23.9 Å². The largest absolute Gasteiger partial charge is 0.492 e. The predicted octanol–water partition coefficient (Wildman–Crippen LogP) is 1.26. The fourth-order valence-corrected chi connectivity index (χ4v) is 3.71. The molecule has 2 rings (SSSR count). The summed E-state index contributed by atoms with van der Waals surface area (Å²) in [7, 11) is 5.47. The van der Waals surface area contributed by atoms with Gasteiger partial charge in [-0.25, -0.2) is 4.79 Å². The van der Waals surface area contributed by atoms with Gasteiger partial charge in [-0.15, -0.1) is 0 Å². The third-order valence-corrected chi connectivity index (χ3v) is 5.93. The maximum Gasteiger partial charge on any atom is 0.342 e. The van der Waals surface area contributed by atoms with Crippen molar-refractivity contribution < 1.29 is 43.4 Å². The molecule has 9 nitrogen and oxygen atoms in total. The van der Waals surface area contributed by atoms with Crippen molar-refractivity contribution in [1.29, 1.82) is 0 Å². The van der Waals surface area contributed by atoms with Gasteiger partial charge in [0, 0.05) is 7.11 Å². The Morgan fingerprint density at radius 1 is 1.04 bits per heavy atom. The first-order valence-corrected chi connectivity index (χ1v) is 9.54. The quantitative estimate of drug-likeness (QED) is 0.430. The lowest BCUT2D eigenvalue weighted by Crippen LogP contribution is -2.59. The molecule has 0 bridgehead atoms. The first kappa shape index (κ1) is 22.9. The van der Waals surface area contributed by atoms with E-state index >= 15 is 0 Å². The molecule has 1 fully saturated rings. The van der Waals surface area contributed by atoms with E-state index in [4.69, 9.17) is 28.4 Å². The Balaban J connectivity index is 2.56. The number of esters is 1. The summed E-state index contributed by atoms with van der Waals surface area (Å²) >= 11 is 2.02. The topological polar surface area (TPSA) is 113 Å². The van der Waals surface area contributed by atoms with Gasteiger partial charge in [-0.1, -0.05) is 0 Å². The summed E-state index contributed by atoms with van der Waals surface area (Å²) in [5, 5.41) is 20.3. The van der Waals surface area contributed by atoms with Gasteiger partial charge in [0.25, 0.3) is 0 Å². The van der Waals surface area contributed by atoms with Gasteiger partial charge in [0.05, 0.1) is 31.0 Å². The number of hydrogen-bond acceptors (Lipinski definition) is 9. The van der Waals surface area contributed by atoms with Crippen LogP contribution in [-0.2, 0) is 14.2 Å². The molecule has 1 aliphatic rings. The molecule has 1 aromatic rings. The van der Waals surface area contributed by atoms with E-state index in [0.717, 1.165) is 0 Å². The van der Waals surface area contributed by atoms with Crippen LogP contribution in [0.25, 0.3) is 0 Å². The van der Waals surface area contributed by atoms with Gasteiger partial charge < -0.3 is 38.6 Å². The van der Waals surface area contributed by atoms with E-state index in [1.54, 1.807) is 13.8 Å². The predicted molar refractivity (Wildman–Crippen MR) is 106 cm³/mol. The molecule has 0 spiro atoms. The zero-order valence-electron chi connectivity index (χ0n) is 16.5. The number of aliphatic hydroxyl groups is 2. The number of aliphatic hydroxyl groups excluding tert-OH is 2. The van der Waals surface area contributed by atoms with Crippen molar-refractivity contribution in [2.75, 3.05) is 28.4 Å². The molecule has 0 saturated carbocycles. The Labute approximate surface area is 176 Å². The van der Waals surface area contributed by atoms with Crippen LogP contribution in [0.2, 0.25) is 0 Å². The Morgan fingerprint density at radius 2 is 1.64 bits per heavy atom. The fourth-order valence-electron chi connectivity index (χ4n) is 3.06. The Hall–Kier alpha value is -1.34. The molecule has 1 saturated heterocycles. The Bertz CT molecular complexity index is 724. The number of methoxy groups -OCH3 is 4. The van der Waals surface area contributed by atoms with Gasteiger partial charge >= 0.3 is 5.97 Å². The van der Waals surface area contributed by atoms with Gasteiger partial charge in [0.15, 0.2) is 11.5 Å². The smallest absolute Gasteiger partial charge is 0.342 e. The molecule has 0 aromatic heterocycles. The van der Waals surface area contributed by atoms with E-state index in [1.807, 2.05) is 22.6 Å². The number of ether oxygens (including phenoxy) is 6. The molecule has 0 radical (unpaired) electrons. The van der Waals surface area contributed by atoms with Crippen LogP contribution < -0.4 is 14.2 Å². The van der Waals surface area contributed by atoms with Crippen LogP contribution in [0.5, 0.6) is 17.2 Å². The molecule has 0 unspecified atom stereocenters. The summed E-state index contributed by atoms with van der Waals surface area (Å²) in [6, 6.07) is 0. The molecule has 1 aromatic carbocycles. The van der Waals surface area contributed by atoms with Crippen LogP contribution in [-0.4, -0.2) is 75.3 Å². The lowest BCUT2D eigenvalue weighted by atomic mass is 10.00. The number of hydrogen-bond donors (Lipinski definition) is 2. The normalized spacial score (nSPS) is 27.2. The highest BCUT2D eigenvalue weighted by Crippen LogP contribution is 2.47. The number of benzene rings is 1. The van der Waals surface area contributed by atoms with Crippen LogP contribution in [0.3, 0.4) is 0 Å². The number of carbonyl (C=O) groups is 1. The highest BCUT2D eigenvalue weighted by Gasteiger charge is 2.45. The molecular formula is C18H25IO9. The highest BCUT2D eigenvalue weighted by molar-refractivity contribution is 14.1. The van der Waals surface area contributed by atoms with E-state index in [1.165, 1.54) is 28.4 Å². The van der Waals surface area contributed by atoms with Crippen molar-refractivity contribution in [2.24, 2.45) is 0 Å². The van der Waals surface area contributed by atoms with Crippen LogP contribution in [0.15, 0.2) is 0 Å². The van der Waals surface area contributed by atoms with Crippen LogP contribution in [0.4, 0.5) is 0 Å². The first-order chi connectivity index (χ1) is 13.2. The molecule has 0 aliphatic carbocycles. The Morgan fingerprint density at radius 3 is 2.14 bits per heavy atom. The lowest BCUT2D eigenvalue weighted by Gasteiger charge is -2.40. The standard InChI is InChI=1S/C18H25IO9/c1-7-9(17(22)26-6)13(23-3)16(25-5)14(10(7)19)28-18-15(24-4)12(21)11(20)8(2)27-18/h8,11-12,15,18,20-21H,1-6H3/t8-,11-,12+,15+,18-/m0/s1. The summed E-state index contributed by atoms with van der Waals surface area (Å²) in [5.74, 6) is 0.00574. The van der Waals surface area contributed by atoms with Crippen molar-refractivity contribution in [3.05, 3.63) is 14.7 Å². The minimum absolute atomic E-state index is 0.153. The van der Waals surface area contributed by atoms with Crippen LogP contribution in [0, 0.1) is 10.5 Å². The van der Waals surface area contributed by atoms with Gasteiger partial charge in [0.2, 0.25) is 12.0 Å². The van der Waals surface area contributed by atoms with E-state index in [-0.39, 0.29) is 22.8 Å². The van der Waals surface area contributed by atoms with Crippen molar-refractivity contribution in [2.45, 2.75) is 44.6 Å². The minimum atomic E-state index is -1.21. The minimum Gasteiger partial charge on any atom is -0.492 e. The van der Waals surface area contributed by atoms with Crippen LogP contribution >= 0.6 is 22.6 Å². The number of halogens is 1. The number of rotatable bonds is 6. The lowest BCUT2D eigenvalue weighted by molar-refractivity contribution is -0.274. The molecule has 158 valence electrons. The van der Waals surface area contributed by atoms with E-state index in [2.05, 4.69) is 0 Å². The van der Waals surface area contributed by atoms with Crippen molar-refractivity contribution in [1.82, 2.24) is 0 Å². The fraction of sp³-hybridized carbons (Fsp3) is 0.611. The molecule has 10 heteroatoms.